The fourth-order valence-corrected chi connectivity index (χ4v) is 6.24. The number of hydrogen-bond donors (Lipinski definition) is 3. The monoisotopic (exact) mass is 633 g/mol. The first-order valence-corrected chi connectivity index (χ1v) is 16.0. The zero-order valence-electron chi connectivity index (χ0n) is 25.6. The number of rotatable bonds is 13. The second kappa shape index (κ2) is 13.6. The van der Waals surface area contributed by atoms with Crippen molar-refractivity contribution >= 4 is 31.0 Å². The van der Waals surface area contributed by atoms with Crippen LogP contribution < -0.4 is 15.3 Å². The molecule has 1 saturated heterocycles. The Hall–Kier alpha value is -3.55. The highest BCUT2D eigenvalue weighted by atomic mass is 31.2. The molecule has 0 aliphatic carbocycles. The van der Waals surface area contributed by atoms with Crippen molar-refractivity contribution in [2.45, 2.75) is 77.9 Å². The fraction of sp³-hybridized carbons (Fsp3) is 0.517. The minimum Gasteiger partial charge on any atom is -0.465 e. The van der Waals surface area contributed by atoms with Crippen LogP contribution in [0.2, 0.25) is 0 Å². The molecule has 0 radical (unpaired) electrons. The normalized spacial score (nSPS) is 23.8. The van der Waals surface area contributed by atoms with E-state index >= 15 is 0 Å². The van der Waals surface area contributed by atoms with E-state index in [-0.39, 0.29) is 18.2 Å². The first-order chi connectivity index (χ1) is 20.8. The SMILES string of the molecule is CCOC(=O)[C@H](C)NP(=O)(OC[C@H]1O[C@@H](c2ccc3c(N)nc(CC)nn23)[C@](C)(O)[C@@H]1OC(=O)C(C)C)Oc1ccccc1. The minimum absolute atomic E-state index is 0.121. The number of fused-ring (bicyclic) bond motifs is 1. The summed E-state index contributed by atoms with van der Waals surface area (Å²) in [6.45, 7) is 9.44. The Balaban J connectivity index is 1.67. The summed E-state index contributed by atoms with van der Waals surface area (Å²) in [6, 6.07) is 10.6. The summed E-state index contributed by atoms with van der Waals surface area (Å²) in [6.07, 6.45) is -2.95. The third-order valence-electron chi connectivity index (χ3n) is 7.04. The average Bonchev–Trinajstić information content (AvgIpc) is 3.50. The van der Waals surface area contributed by atoms with E-state index in [0.29, 0.717) is 23.5 Å². The molecule has 4 N–H and O–H groups in total. The van der Waals surface area contributed by atoms with Crippen molar-refractivity contribution in [3.63, 3.8) is 0 Å². The molecule has 3 heterocycles. The van der Waals surface area contributed by atoms with Crippen molar-refractivity contribution in [2.24, 2.45) is 5.92 Å². The van der Waals surface area contributed by atoms with Gasteiger partial charge in [-0.3, -0.25) is 14.1 Å². The molecule has 1 fully saturated rings. The molecule has 44 heavy (non-hydrogen) atoms. The van der Waals surface area contributed by atoms with E-state index in [1.54, 1.807) is 63.2 Å². The number of benzene rings is 1. The Morgan fingerprint density at radius 1 is 1.16 bits per heavy atom. The Bertz CT molecular complexity index is 1510. The van der Waals surface area contributed by atoms with E-state index in [9.17, 15) is 19.3 Å². The van der Waals surface area contributed by atoms with Gasteiger partial charge in [0.1, 0.15) is 35.1 Å². The average molecular weight is 634 g/mol. The van der Waals surface area contributed by atoms with Crippen molar-refractivity contribution in [1.29, 1.82) is 0 Å². The van der Waals surface area contributed by atoms with E-state index < -0.39 is 62.2 Å². The van der Waals surface area contributed by atoms with Gasteiger partial charge in [0.2, 0.25) is 0 Å². The van der Waals surface area contributed by atoms with Crippen molar-refractivity contribution in [2.75, 3.05) is 18.9 Å². The number of carbonyl (C=O) groups is 2. The number of aliphatic hydroxyl groups is 1. The fourth-order valence-electron chi connectivity index (χ4n) is 4.73. The highest BCUT2D eigenvalue weighted by molar-refractivity contribution is 7.52. The number of aryl methyl sites for hydroxylation is 1. The number of aromatic nitrogens is 3. The molecule has 0 spiro atoms. The summed E-state index contributed by atoms with van der Waals surface area (Å²) < 4.78 is 44.2. The molecule has 240 valence electrons. The number of esters is 2. The van der Waals surface area contributed by atoms with E-state index in [1.807, 2.05) is 6.92 Å². The van der Waals surface area contributed by atoms with E-state index in [4.69, 9.17) is 29.0 Å². The number of para-hydroxylation sites is 1. The predicted molar refractivity (Wildman–Crippen MR) is 160 cm³/mol. The quantitative estimate of drug-likeness (QED) is 0.184. The van der Waals surface area contributed by atoms with Crippen LogP contribution >= 0.6 is 7.75 Å². The maximum Gasteiger partial charge on any atom is 0.459 e. The Labute approximate surface area is 255 Å². The molecule has 0 bridgehead atoms. The van der Waals surface area contributed by atoms with Gasteiger partial charge in [-0.25, -0.2) is 14.1 Å². The maximum atomic E-state index is 14.0. The number of anilines is 1. The lowest BCUT2D eigenvalue weighted by Gasteiger charge is -2.30. The van der Waals surface area contributed by atoms with Crippen LogP contribution in [0.5, 0.6) is 5.75 Å². The van der Waals surface area contributed by atoms with Crippen LogP contribution in [0.15, 0.2) is 42.5 Å². The second-order valence-corrected chi connectivity index (χ2v) is 12.6. The molecule has 0 saturated carbocycles. The van der Waals surface area contributed by atoms with Crippen molar-refractivity contribution in [1.82, 2.24) is 19.7 Å². The lowest BCUT2D eigenvalue weighted by Crippen LogP contribution is -2.47. The number of carbonyl (C=O) groups excluding carboxylic acids is 2. The number of ether oxygens (including phenoxy) is 3. The van der Waals surface area contributed by atoms with Crippen LogP contribution in [0.4, 0.5) is 5.82 Å². The highest BCUT2D eigenvalue weighted by Crippen LogP contribution is 2.48. The maximum absolute atomic E-state index is 14.0. The van der Waals surface area contributed by atoms with Crippen molar-refractivity contribution in [3.05, 3.63) is 54.0 Å². The molecule has 2 aromatic heterocycles. The van der Waals surface area contributed by atoms with Gasteiger partial charge >= 0.3 is 19.7 Å². The zero-order valence-corrected chi connectivity index (χ0v) is 26.5. The summed E-state index contributed by atoms with van der Waals surface area (Å²) in [7, 11) is -4.28. The molecule has 0 amide bonds. The van der Waals surface area contributed by atoms with Gasteiger partial charge in [0, 0.05) is 6.42 Å². The van der Waals surface area contributed by atoms with Crippen LogP contribution in [-0.4, -0.2) is 68.7 Å². The molecule has 15 heteroatoms. The highest BCUT2D eigenvalue weighted by Gasteiger charge is 2.57. The molecule has 4 rings (SSSR count). The molecule has 1 aliphatic heterocycles. The lowest BCUT2D eigenvalue weighted by atomic mass is 9.91. The van der Waals surface area contributed by atoms with Gasteiger partial charge in [-0.05, 0) is 45.0 Å². The zero-order chi connectivity index (χ0) is 32.2. The van der Waals surface area contributed by atoms with Crippen molar-refractivity contribution in [3.8, 4) is 5.75 Å². The number of nitrogen functional groups attached to an aromatic ring is 1. The molecule has 6 atom stereocenters. The Morgan fingerprint density at radius 3 is 2.50 bits per heavy atom. The van der Waals surface area contributed by atoms with Crippen LogP contribution in [0.3, 0.4) is 0 Å². The predicted octanol–water partition coefficient (Wildman–Crippen LogP) is 3.38. The van der Waals surface area contributed by atoms with Crippen molar-refractivity contribution < 1.29 is 42.5 Å². The standard InChI is InChI=1S/C29H40N5O9P/c1-7-23-31-26(30)21-15-14-20(34(21)32-23)24-29(6,37)25(42-27(35)17(3)4)22(41-24)16-40-44(38,33-18(5)28(36)39-8-2)43-19-12-10-9-11-13-19/h9-15,17-18,22,24-25,37H,7-8,16H2,1-6H3,(H,33,38)(H2,30,31,32)/t18-,22+,24-,25+,29-,44?/m0/s1. The van der Waals surface area contributed by atoms with Crippen LogP contribution in [0.1, 0.15) is 59.2 Å². The molecular weight excluding hydrogens is 593 g/mol. The third kappa shape index (κ3) is 7.22. The molecule has 1 aromatic carbocycles. The van der Waals surface area contributed by atoms with E-state index in [2.05, 4.69) is 15.2 Å². The van der Waals surface area contributed by atoms with Crippen LogP contribution in [0, 0.1) is 5.92 Å². The first-order valence-electron chi connectivity index (χ1n) is 14.5. The van der Waals surface area contributed by atoms with E-state index in [0.717, 1.165) is 0 Å². The first kappa shape index (κ1) is 33.3. The molecule has 3 aromatic rings. The molecular formula is C29H40N5O9P. The summed E-state index contributed by atoms with van der Waals surface area (Å²) in [5, 5.41) is 19.0. The Morgan fingerprint density at radius 2 is 1.86 bits per heavy atom. The molecule has 1 unspecified atom stereocenters. The number of nitrogens with zero attached hydrogens (tertiary/aromatic N) is 3. The van der Waals surface area contributed by atoms with Gasteiger partial charge in [0.25, 0.3) is 0 Å². The summed E-state index contributed by atoms with van der Waals surface area (Å²) in [5.41, 5.74) is 5.29. The van der Waals surface area contributed by atoms with Crippen LogP contribution in [-0.2, 0) is 39.3 Å². The van der Waals surface area contributed by atoms with Gasteiger partial charge in [0.15, 0.2) is 17.7 Å². The third-order valence-corrected chi connectivity index (χ3v) is 8.68. The second-order valence-electron chi connectivity index (χ2n) is 10.9. The molecule has 14 nitrogen and oxygen atoms in total. The van der Waals surface area contributed by atoms with Gasteiger partial charge in [-0.2, -0.15) is 10.2 Å². The van der Waals surface area contributed by atoms with Crippen LogP contribution in [0.25, 0.3) is 5.52 Å². The van der Waals surface area contributed by atoms with Gasteiger partial charge < -0.3 is 29.6 Å². The summed E-state index contributed by atoms with van der Waals surface area (Å²) in [5.74, 6) is -0.813. The number of nitrogens with one attached hydrogen (secondary N) is 1. The largest absolute Gasteiger partial charge is 0.465 e. The van der Waals surface area contributed by atoms with Gasteiger partial charge in [0.05, 0.1) is 24.8 Å². The summed E-state index contributed by atoms with van der Waals surface area (Å²) in [4.78, 5) is 29.4. The summed E-state index contributed by atoms with van der Waals surface area (Å²) >= 11 is 0. The minimum atomic E-state index is -4.28. The lowest BCUT2D eigenvalue weighted by molar-refractivity contribution is -0.166. The number of nitrogens with two attached hydrogens (primary N) is 1. The van der Waals surface area contributed by atoms with Gasteiger partial charge in [-0.15, -0.1) is 0 Å². The number of hydrogen-bond acceptors (Lipinski definition) is 12. The topological polar surface area (TPSA) is 186 Å². The molecule has 1 aliphatic rings. The van der Waals surface area contributed by atoms with E-state index in [1.165, 1.54) is 18.4 Å². The Kier molecular flexibility index (Phi) is 10.3. The smallest absolute Gasteiger partial charge is 0.459 e. The van der Waals surface area contributed by atoms with Gasteiger partial charge in [-0.1, -0.05) is 39.0 Å².